The number of benzene rings is 1. The van der Waals surface area contributed by atoms with Crippen LogP contribution in [0, 0.1) is 10.1 Å². The summed E-state index contributed by atoms with van der Waals surface area (Å²) >= 11 is 2.84. The van der Waals surface area contributed by atoms with Gasteiger partial charge in [-0.05, 0) is 23.2 Å². The molecule has 0 spiro atoms. The molecule has 0 bridgehead atoms. The Bertz CT molecular complexity index is 386. The first-order valence-electron chi connectivity index (χ1n) is 3.05. The van der Waals surface area contributed by atoms with Crippen molar-refractivity contribution in [1.82, 2.24) is 0 Å². The van der Waals surface area contributed by atoms with Gasteiger partial charge in [0.25, 0.3) is 5.69 Å². The first-order valence-corrected chi connectivity index (χ1v) is 4.51. The van der Waals surface area contributed by atoms with Gasteiger partial charge in [-0.1, -0.05) is 11.6 Å². The van der Waals surface area contributed by atoms with E-state index in [2.05, 4.69) is 0 Å². The maximum atomic E-state index is 10.5. The Kier molecular flexibility index (Phi) is 5.80. The zero-order valence-electron chi connectivity index (χ0n) is 7.10. The Morgan fingerprint density at radius 3 is 2.43 bits per heavy atom. The summed E-state index contributed by atoms with van der Waals surface area (Å²) in [7, 11) is 0. The quantitative estimate of drug-likeness (QED) is 0.274. The van der Waals surface area contributed by atoms with E-state index in [0.29, 0.717) is 0 Å². The predicted octanol–water partition coefficient (Wildman–Crippen LogP) is -1.51. The molecule has 0 amide bonds. The summed E-state index contributed by atoms with van der Waals surface area (Å²) < 4.78 is 21.0. The smallest absolute Gasteiger partial charge is 0.768 e. The molecule has 1 aromatic rings. The van der Waals surface area contributed by atoms with Crippen LogP contribution in [0.15, 0.2) is 23.1 Å². The maximum Gasteiger partial charge on any atom is 1.00 e. The normalized spacial score (nSPS) is 11.6. The van der Waals surface area contributed by atoms with E-state index in [1.807, 2.05) is 0 Å². The molecule has 0 N–H and O–H groups in total. The summed E-state index contributed by atoms with van der Waals surface area (Å²) in [5.41, 5.74) is -0.513. The van der Waals surface area contributed by atoms with Crippen molar-refractivity contribution in [1.29, 1.82) is 0 Å². The molecule has 1 aromatic carbocycles. The molecule has 5 nitrogen and oxygen atoms in total. The summed E-state index contributed by atoms with van der Waals surface area (Å²) in [6.45, 7) is 0. The van der Waals surface area contributed by atoms with Crippen LogP contribution in [0.5, 0.6) is 0 Å². The largest absolute Gasteiger partial charge is 1.00 e. The van der Waals surface area contributed by atoms with Crippen LogP contribution in [-0.4, -0.2) is 13.7 Å². The summed E-state index contributed by atoms with van der Waals surface area (Å²) in [5.74, 6) is 0. The molecule has 0 saturated carbocycles. The fourth-order valence-electron chi connectivity index (χ4n) is 0.774. The molecular weight excluding hydrogens is 241 g/mol. The molecular formula is C6H3ClNNaO4S. The van der Waals surface area contributed by atoms with E-state index < -0.39 is 21.7 Å². The van der Waals surface area contributed by atoms with Crippen LogP contribution in [-0.2, 0) is 11.1 Å². The van der Waals surface area contributed by atoms with Crippen LogP contribution in [0.1, 0.15) is 0 Å². The molecule has 0 aliphatic rings. The first kappa shape index (κ1) is 14.0. The van der Waals surface area contributed by atoms with Crippen molar-refractivity contribution in [2.75, 3.05) is 0 Å². The number of nitro benzene ring substituents is 1. The number of hydrogen-bond donors (Lipinski definition) is 0. The molecule has 0 aliphatic heterocycles. The molecule has 0 aliphatic carbocycles. The number of nitrogens with zero attached hydrogens (tertiary/aromatic N) is 1. The Labute approximate surface area is 109 Å². The van der Waals surface area contributed by atoms with Gasteiger partial charge in [-0.15, -0.1) is 0 Å². The molecule has 0 aromatic heterocycles. The summed E-state index contributed by atoms with van der Waals surface area (Å²) in [4.78, 5) is 9.19. The van der Waals surface area contributed by atoms with Crippen molar-refractivity contribution >= 4 is 28.4 Å². The predicted molar refractivity (Wildman–Crippen MR) is 45.3 cm³/mol. The molecule has 14 heavy (non-hydrogen) atoms. The van der Waals surface area contributed by atoms with E-state index in [-0.39, 0.29) is 39.5 Å². The van der Waals surface area contributed by atoms with Crippen LogP contribution >= 0.6 is 11.6 Å². The summed E-state index contributed by atoms with van der Waals surface area (Å²) in [5, 5.41) is 10.5. The van der Waals surface area contributed by atoms with E-state index >= 15 is 0 Å². The molecule has 0 fully saturated rings. The fraction of sp³-hybridized carbons (Fsp3) is 0. The number of halogens is 1. The van der Waals surface area contributed by atoms with Crippen molar-refractivity contribution < 1.29 is 43.2 Å². The SMILES string of the molecule is O=[N+]([O-])c1cc(Cl)ccc1S(=O)[O-].[Na+]. The van der Waals surface area contributed by atoms with Gasteiger partial charge in [-0.3, -0.25) is 14.3 Å². The van der Waals surface area contributed by atoms with Gasteiger partial charge in [0.1, 0.15) is 4.90 Å². The van der Waals surface area contributed by atoms with E-state index in [1.54, 1.807) is 0 Å². The van der Waals surface area contributed by atoms with Gasteiger partial charge < -0.3 is 4.55 Å². The number of rotatable bonds is 2. The van der Waals surface area contributed by atoms with Crippen molar-refractivity contribution in [3.63, 3.8) is 0 Å². The monoisotopic (exact) mass is 243 g/mol. The van der Waals surface area contributed by atoms with Gasteiger partial charge in [0.15, 0.2) is 0 Å². The molecule has 70 valence electrons. The minimum atomic E-state index is -2.62. The van der Waals surface area contributed by atoms with E-state index in [0.717, 1.165) is 12.1 Å². The second kappa shape index (κ2) is 5.79. The second-order valence-electron chi connectivity index (χ2n) is 2.10. The van der Waals surface area contributed by atoms with E-state index in [1.165, 1.54) is 6.07 Å². The van der Waals surface area contributed by atoms with Gasteiger partial charge in [-0.2, -0.15) is 0 Å². The average Bonchev–Trinajstić information content (AvgIpc) is 2.03. The Hall–Kier alpha value is 0.0200. The standard InChI is InChI=1S/C6H4ClNO4S.Na/c7-4-1-2-6(13(11)12)5(3-4)8(9)10;/h1-3H,(H,11,12);/q;+1/p-1. The average molecular weight is 244 g/mol. The molecule has 8 heteroatoms. The Morgan fingerprint density at radius 2 is 2.00 bits per heavy atom. The molecule has 1 atom stereocenters. The van der Waals surface area contributed by atoms with Crippen molar-refractivity contribution in [3.05, 3.63) is 33.3 Å². The van der Waals surface area contributed by atoms with Crippen LogP contribution in [0.25, 0.3) is 0 Å². The third-order valence-electron chi connectivity index (χ3n) is 1.30. The van der Waals surface area contributed by atoms with E-state index in [9.17, 15) is 18.9 Å². The molecule has 0 saturated heterocycles. The third-order valence-corrected chi connectivity index (χ3v) is 2.24. The van der Waals surface area contributed by atoms with Gasteiger partial charge in [0.2, 0.25) is 0 Å². The third kappa shape index (κ3) is 3.30. The number of hydrogen-bond acceptors (Lipinski definition) is 4. The topological polar surface area (TPSA) is 83.3 Å². The Balaban J connectivity index is 0.00000169. The van der Waals surface area contributed by atoms with Gasteiger partial charge in [-0.25, -0.2) is 0 Å². The maximum absolute atomic E-state index is 10.5. The Morgan fingerprint density at radius 1 is 1.43 bits per heavy atom. The summed E-state index contributed by atoms with van der Waals surface area (Å²) in [6, 6.07) is 3.36. The zero-order valence-corrected chi connectivity index (χ0v) is 10.7. The minimum Gasteiger partial charge on any atom is -0.768 e. The second-order valence-corrected chi connectivity index (χ2v) is 3.45. The molecule has 0 radical (unpaired) electrons. The zero-order chi connectivity index (χ0) is 10.0. The van der Waals surface area contributed by atoms with Crippen molar-refractivity contribution in [3.8, 4) is 0 Å². The van der Waals surface area contributed by atoms with E-state index in [4.69, 9.17) is 11.6 Å². The molecule has 1 unspecified atom stereocenters. The van der Waals surface area contributed by atoms with Crippen LogP contribution in [0.3, 0.4) is 0 Å². The van der Waals surface area contributed by atoms with Crippen LogP contribution < -0.4 is 29.6 Å². The molecule has 1 rings (SSSR count). The van der Waals surface area contributed by atoms with Crippen LogP contribution in [0.4, 0.5) is 5.69 Å². The first-order chi connectivity index (χ1) is 6.02. The number of nitro groups is 1. The fourth-order valence-corrected chi connectivity index (χ4v) is 1.42. The van der Waals surface area contributed by atoms with Crippen molar-refractivity contribution in [2.45, 2.75) is 4.90 Å². The van der Waals surface area contributed by atoms with Crippen LogP contribution in [0.2, 0.25) is 5.02 Å². The molecule has 0 heterocycles. The van der Waals surface area contributed by atoms with Gasteiger partial charge in [0, 0.05) is 11.1 Å². The van der Waals surface area contributed by atoms with Gasteiger partial charge in [0.05, 0.1) is 4.92 Å². The van der Waals surface area contributed by atoms with Crippen molar-refractivity contribution in [2.24, 2.45) is 0 Å². The minimum absolute atomic E-state index is 0. The summed E-state index contributed by atoms with van der Waals surface area (Å²) in [6.07, 6.45) is 0. The van der Waals surface area contributed by atoms with Gasteiger partial charge >= 0.3 is 29.6 Å².